The number of anilines is 1. The van der Waals surface area contributed by atoms with Gasteiger partial charge in [0, 0.05) is 23.6 Å². The third-order valence-corrected chi connectivity index (χ3v) is 7.30. The van der Waals surface area contributed by atoms with E-state index in [4.69, 9.17) is 10.2 Å². The highest BCUT2D eigenvalue weighted by molar-refractivity contribution is 8.03. The van der Waals surface area contributed by atoms with E-state index in [0.717, 1.165) is 36.4 Å². The van der Waals surface area contributed by atoms with E-state index in [-0.39, 0.29) is 12.8 Å². The Labute approximate surface area is 194 Å². The summed E-state index contributed by atoms with van der Waals surface area (Å²) < 4.78 is 3.16. The smallest absolute Gasteiger partial charge is 0.309 e. The molecule has 164 valence electrons. The second kappa shape index (κ2) is 9.58. The van der Waals surface area contributed by atoms with Gasteiger partial charge >= 0.3 is 11.9 Å². The number of aryl methyl sites for hydroxylation is 1. The average Bonchev–Trinajstić information content (AvgIpc) is 3.27. The molecule has 0 aliphatic carbocycles. The predicted molar refractivity (Wildman–Crippen MR) is 128 cm³/mol. The molecular weight excluding hydrogens is 444 g/mol. The summed E-state index contributed by atoms with van der Waals surface area (Å²) in [4.78, 5) is 25.5. The van der Waals surface area contributed by atoms with Crippen LogP contribution < -0.4 is 9.47 Å². The monoisotopic (exact) mass is 467 g/mol. The maximum absolute atomic E-state index is 11.2. The molecular formula is C24H23N2O4S2+. The number of benzene rings is 2. The van der Waals surface area contributed by atoms with Crippen molar-refractivity contribution in [1.82, 2.24) is 0 Å². The molecule has 0 fully saturated rings. The van der Waals surface area contributed by atoms with Crippen LogP contribution in [0, 0.1) is 0 Å². The van der Waals surface area contributed by atoms with Gasteiger partial charge in [0.05, 0.1) is 17.1 Å². The Hall–Kier alpha value is -3.10. The number of hydrogen-bond acceptors (Lipinski definition) is 5. The third-order valence-electron chi connectivity index (χ3n) is 5.07. The van der Waals surface area contributed by atoms with Crippen molar-refractivity contribution in [2.45, 2.75) is 31.2 Å². The van der Waals surface area contributed by atoms with E-state index in [1.807, 2.05) is 55.5 Å². The van der Waals surface area contributed by atoms with Crippen LogP contribution in [0.15, 0.2) is 70.1 Å². The molecule has 0 atom stereocenters. The molecule has 1 aliphatic rings. The van der Waals surface area contributed by atoms with Gasteiger partial charge < -0.3 is 15.1 Å². The number of rotatable bonds is 8. The van der Waals surface area contributed by atoms with Gasteiger partial charge in [-0.05, 0) is 36.8 Å². The van der Waals surface area contributed by atoms with Crippen LogP contribution in [-0.2, 0) is 16.1 Å². The van der Waals surface area contributed by atoms with E-state index in [0.29, 0.717) is 13.1 Å². The van der Waals surface area contributed by atoms with Crippen molar-refractivity contribution in [3.63, 3.8) is 0 Å². The van der Waals surface area contributed by atoms with Crippen LogP contribution in [0.1, 0.15) is 24.8 Å². The lowest BCUT2D eigenvalue weighted by atomic mass is 10.2. The number of thiazole rings is 1. The van der Waals surface area contributed by atoms with E-state index >= 15 is 0 Å². The molecule has 3 aromatic rings. The van der Waals surface area contributed by atoms with Crippen molar-refractivity contribution in [2.24, 2.45) is 0 Å². The number of carbonyl (C=O) groups is 2. The van der Waals surface area contributed by atoms with Crippen LogP contribution in [0.4, 0.5) is 5.69 Å². The number of carboxylic acid groups (broad SMARTS) is 2. The number of para-hydroxylation sites is 2. The van der Waals surface area contributed by atoms with Crippen LogP contribution in [0.3, 0.4) is 0 Å². The van der Waals surface area contributed by atoms with Gasteiger partial charge in [-0.2, -0.15) is 4.57 Å². The SMILES string of the molecule is CC(/C=C1\Sc2ccccc2N1CCC(=O)O)=C\c1sc2ccccc2[n+]1CCC(=O)O. The Morgan fingerprint density at radius 3 is 2.53 bits per heavy atom. The average molecular weight is 468 g/mol. The molecule has 0 unspecified atom stereocenters. The molecule has 1 aromatic heterocycles. The number of aliphatic carboxylic acids is 2. The van der Waals surface area contributed by atoms with Crippen molar-refractivity contribution in [2.75, 3.05) is 11.4 Å². The Balaban J connectivity index is 1.68. The molecule has 32 heavy (non-hydrogen) atoms. The molecule has 0 spiro atoms. The van der Waals surface area contributed by atoms with Gasteiger partial charge in [0.2, 0.25) is 5.52 Å². The standard InChI is InChI=1S/C24H22N2O4S2/c1-16(14-21-25(12-10-23(27)28)17-6-2-4-8-19(17)31-21)15-22-26(13-11-24(29)30)18-7-3-5-9-20(18)32-22/h2-9,14-15H,10-13H2,1H3,(H-,27,28,29,30)/p+1. The fraction of sp³-hybridized carbons (Fsp3) is 0.208. The zero-order valence-corrected chi connectivity index (χ0v) is 19.2. The van der Waals surface area contributed by atoms with Crippen LogP contribution in [0.2, 0.25) is 0 Å². The topological polar surface area (TPSA) is 81.7 Å². The summed E-state index contributed by atoms with van der Waals surface area (Å²) in [5.41, 5.74) is 3.06. The number of aromatic nitrogens is 1. The fourth-order valence-electron chi connectivity index (χ4n) is 3.63. The lowest BCUT2D eigenvalue weighted by Crippen LogP contribution is -2.36. The third kappa shape index (κ3) is 4.87. The summed E-state index contributed by atoms with van der Waals surface area (Å²) in [6, 6.07) is 16.0. The van der Waals surface area contributed by atoms with E-state index in [1.54, 1.807) is 23.1 Å². The quantitative estimate of drug-likeness (QED) is 0.454. The van der Waals surface area contributed by atoms with Crippen molar-refractivity contribution >= 4 is 57.0 Å². The molecule has 2 N–H and O–H groups in total. The number of nitrogens with zero attached hydrogens (tertiary/aromatic N) is 2. The highest BCUT2D eigenvalue weighted by Crippen LogP contribution is 2.46. The number of hydrogen-bond donors (Lipinski definition) is 2. The molecule has 0 bridgehead atoms. The van der Waals surface area contributed by atoms with Crippen molar-refractivity contribution < 1.29 is 24.4 Å². The van der Waals surface area contributed by atoms with Gasteiger partial charge in [0.25, 0.3) is 5.01 Å². The molecule has 0 saturated carbocycles. The highest BCUT2D eigenvalue weighted by Gasteiger charge is 2.25. The number of fused-ring (bicyclic) bond motifs is 2. The zero-order valence-electron chi connectivity index (χ0n) is 17.5. The minimum atomic E-state index is -0.823. The Morgan fingerprint density at radius 1 is 1.03 bits per heavy atom. The molecule has 1 aliphatic heterocycles. The Morgan fingerprint density at radius 2 is 1.75 bits per heavy atom. The summed E-state index contributed by atoms with van der Waals surface area (Å²) in [5, 5.41) is 20.3. The molecule has 2 heterocycles. The molecule has 4 rings (SSSR count). The van der Waals surface area contributed by atoms with Crippen molar-refractivity contribution in [1.29, 1.82) is 0 Å². The van der Waals surface area contributed by atoms with Gasteiger partial charge in [-0.15, -0.1) is 0 Å². The predicted octanol–water partition coefficient (Wildman–Crippen LogP) is 5.00. The minimum Gasteiger partial charge on any atom is -0.481 e. The van der Waals surface area contributed by atoms with Crippen molar-refractivity contribution in [3.8, 4) is 0 Å². The normalized spacial score (nSPS) is 14.8. The molecule has 6 nitrogen and oxygen atoms in total. The molecule has 8 heteroatoms. The van der Waals surface area contributed by atoms with Crippen LogP contribution >= 0.6 is 23.1 Å². The first-order valence-corrected chi connectivity index (χ1v) is 11.8. The summed E-state index contributed by atoms with van der Waals surface area (Å²) >= 11 is 3.26. The van der Waals surface area contributed by atoms with Crippen LogP contribution in [0.5, 0.6) is 0 Å². The second-order valence-corrected chi connectivity index (χ2v) is 9.56. The van der Waals surface area contributed by atoms with Gasteiger partial charge in [0.15, 0.2) is 6.54 Å². The number of carboxylic acids is 2. The summed E-state index contributed by atoms with van der Waals surface area (Å²) in [7, 11) is 0. The molecule has 0 amide bonds. The minimum absolute atomic E-state index is 0.0561. The molecule has 0 saturated heterocycles. The maximum Gasteiger partial charge on any atom is 0.309 e. The zero-order chi connectivity index (χ0) is 22.7. The maximum atomic E-state index is 11.2. The number of thioether (sulfide) groups is 1. The van der Waals surface area contributed by atoms with Crippen molar-refractivity contribution in [3.05, 3.63) is 70.2 Å². The van der Waals surface area contributed by atoms with Gasteiger partial charge in [-0.3, -0.25) is 9.59 Å². The van der Waals surface area contributed by atoms with Crippen LogP contribution in [-0.4, -0.2) is 28.7 Å². The molecule has 2 aromatic carbocycles. The lowest BCUT2D eigenvalue weighted by molar-refractivity contribution is -0.667. The van der Waals surface area contributed by atoms with E-state index in [2.05, 4.69) is 21.6 Å². The van der Waals surface area contributed by atoms with E-state index in [9.17, 15) is 9.59 Å². The van der Waals surface area contributed by atoms with Gasteiger partial charge in [-0.1, -0.05) is 47.4 Å². The first-order valence-electron chi connectivity index (χ1n) is 10.2. The molecule has 0 radical (unpaired) electrons. The number of allylic oxidation sites excluding steroid dienone is 2. The van der Waals surface area contributed by atoms with Gasteiger partial charge in [0.1, 0.15) is 11.1 Å². The largest absolute Gasteiger partial charge is 0.481 e. The fourth-order valence-corrected chi connectivity index (χ4v) is 6.03. The Bertz CT molecular complexity index is 1250. The van der Waals surface area contributed by atoms with E-state index < -0.39 is 11.9 Å². The highest BCUT2D eigenvalue weighted by atomic mass is 32.2. The summed E-state index contributed by atoms with van der Waals surface area (Å²) in [5.74, 6) is -1.65. The second-order valence-electron chi connectivity index (χ2n) is 7.44. The summed E-state index contributed by atoms with van der Waals surface area (Å²) in [6.07, 6.45) is 4.25. The lowest BCUT2D eigenvalue weighted by Gasteiger charge is -2.19. The van der Waals surface area contributed by atoms with Gasteiger partial charge in [-0.25, -0.2) is 0 Å². The van der Waals surface area contributed by atoms with Crippen LogP contribution in [0.25, 0.3) is 16.3 Å². The summed E-state index contributed by atoms with van der Waals surface area (Å²) in [6.45, 7) is 2.82. The first-order chi connectivity index (χ1) is 15.4. The Kier molecular flexibility index (Phi) is 6.62. The first kappa shape index (κ1) is 22.1. The van der Waals surface area contributed by atoms with E-state index in [1.165, 1.54) is 0 Å².